The molecular formula is C19H18FN5O2S. The quantitative estimate of drug-likeness (QED) is 0.641. The minimum absolute atomic E-state index is 0.164. The Morgan fingerprint density at radius 1 is 1.21 bits per heavy atom. The summed E-state index contributed by atoms with van der Waals surface area (Å²) >= 11 is 1.30. The molecule has 9 heteroatoms. The normalized spacial score (nSPS) is 12.7. The van der Waals surface area contributed by atoms with Gasteiger partial charge in [-0.3, -0.25) is 9.36 Å². The van der Waals surface area contributed by atoms with Crippen LogP contribution in [0, 0.1) is 5.82 Å². The van der Waals surface area contributed by atoms with Gasteiger partial charge in [-0.25, -0.2) is 4.39 Å². The Labute approximate surface area is 165 Å². The number of amides is 1. The predicted octanol–water partition coefficient (Wildman–Crippen LogP) is 3.31. The number of methoxy groups -OCH3 is 1. The van der Waals surface area contributed by atoms with Crippen molar-refractivity contribution in [3.8, 4) is 5.75 Å². The molecule has 144 valence electrons. The van der Waals surface area contributed by atoms with Crippen LogP contribution in [0.1, 0.15) is 0 Å². The van der Waals surface area contributed by atoms with Gasteiger partial charge in [0.05, 0.1) is 12.9 Å². The molecule has 1 aromatic heterocycles. The molecule has 1 aliphatic rings. The van der Waals surface area contributed by atoms with Crippen molar-refractivity contribution in [3.63, 3.8) is 0 Å². The molecule has 0 bridgehead atoms. The highest BCUT2D eigenvalue weighted by Gasteiger charge is 2.26. The Kier molecular flexibility index (Phi) is 5.16. The Morgan fingerprint density at radius 2 is 2.04 bits per heavy atom. The summed E-state index contributed by atoms with van der Waals surface area (Å²) in [5, 5.41) is 11.8. The van der Waals surface area contributed by atoms with E-state index in [9.17, 15) is 9.18 Å². The van der Waals surface area contributed by atoms with Gasteiger partial charge in [-0.05, 0) is 42.5 Å². The van der Waals surface area contributed by atoms with Gasteiger partial charge < -0.3 is 15.0 Å². The number of halogens is 1. The summed E-state index contributed by atoms with van der Waals surface area (Å²) in [7, 11) is 1.63. The van der Waals surface area contributed by atoms with Crippen molar-refractivity contribution < 1.29 is 13.9 Å². The summed E-state index contributed by atoms with van der Waals surface area (Å²) in [6, 6.07) is 13.6. The summed E-state index contributed by atoms with van der Waals surface area (Å²) in [5.41, 5.74) is 1.44. The number of aromatic nitrogens is 3. The Bertz CT molecular complexity index is 992. The fourth-order valence-electron chi connectivity index (χ4n) is 2.98. The van der Waals surface area contributed by atoms with E-state index in [1.807, 2.05) is 28.8 Å². The highest BCUT2D eigenvalue weighted by molar-refractivity contribution is 7.99. The van der Waals surface area contributed by atoms with Crippen LogP contribution in [-0.4, -0.2) is 40.1 Å². The number of fused-ring (bicyclic) bond motifs is 1. The number of hydrogen-bond acceptors (Lipinski definition) is 6. The number of ether oxygens (including phenoxy) is 1. The highest BCUT2D eigenvalue weighted by Crippen LogP contribution is 2.32. The maximum Gasteiger partial charge on any atom is 0.234 e. The van der Waals surface area contributed by atoms with Gasteiger partial charge in [0.15, 0.2) is 5.16 Å². The Balaban J connectivity index is 1.40. The third-order valence-electron chi connectivity index (χ3n) is 4.31. The molecule has 7 nitrogen and oxygen atoms in total. The molecule has 0 atom stereocenters. The second-order valence-corrected chi connectivity index (χ2v) is 7.07. The maximum atomic E-state index is 13.2. The number of nitrogens with one attached hydrogen (secondary N) is 1. The number of benzene rings is 2. The topological polar surface area (TPSA) is 72.3 Å². The van der Waals surface area contributed by atoms with Crippen molar-refractivity contribution in [1.82, 2.24) is 14.8 Å². The van der Waals surface area contributed by atoms with Crippen molar-refractivity contribution in [2.45, 2.75) is 11.7 Å². The van der Waals surface area contributed by atoms with Gasteiger partial charge in [-0.2, -0.15) is 0 Å². The van der Waals surface area contributed by atoms with Gasteiger partial charge >= 0.3 is 0 Å². The fourth-order valence-corrected chi connectivity index (χ4v) is 3.74. The number of carbonyl (C=O) groups is 1. The molecule has 0 saturated heterocycles. The average Bonchev–Trinajstić information content (AvgIpc) is 3.29. The number of nitrogens with zero attached hydrogens (tertiary/aromatic N) is 4. The molecule has 0 saturated carbocycles. The number of hydrogen-bond donors (Lipinski definition) is 1. The van der Waals surface area contributed by atoms with Crippen LogP contribution in [-0.2, 0) is 11.3 Å². The van der Waals surface area contributed by atoms with E-state index < -0.39 is 0 Å². The average molecular weight is 399 g/mol. The molecular weight excluding hydrogens is 381 g/mol. The van der Waals surface area contributed by atoms with Crippen LogP contribution in [0.25, 0.3) is 0 Å². The zero-order valence-corrected chi connectivity index (χ0v) is 15.9. The minimum Gasteiger partial charge on any atom is -0.497 e. The lowest BCUT2D eigenvalue weighted by Gasteiger charge is -2.15. The molecule has 1 N–H and O–H groups in total. The third kappa shape index (κ3) is 3.79. The third-order valence-corrected chi connectivity index (χ3v) is 5.28. The van der Waals surface area contributed by atoms with Gasteiger partial charge in [0, 0.05) is 24.5 Å². The van der Waals surface area contributed by atoms with E-state index in [0.29, 0.717) is 10.8 Å². The molecule has 0 unspecified atom stereocenters. The first kappa shape index (κ1) is 18.3. The van der Waals surface area contributed by atoms with Gasteiger partial charge in [-0.1, -0.05) is 17.8 Å². The lowest BCUT2D eigenvalue weighted by atomic mass is 10.3. The van der Waals surface area contributed by atoms with Crippen LogP contribution in [0.2, 0.25) is 0 Å². The number of anilines is 3. The lowest BCUT2D eigenvalue weighted by molar-refractivity contribution is -0.113. The molecule has 0 radical (unpaired) electrons. The Morgan fingerprint density at radius 3 is 2.79 bits per heavy atom. The van der Waals surface area contributed by atoms with Gasteiger partial charge in [0.1, 0.15) is 11.6 Å². The second-order valence-electron chi connectivity index (χ2n) is 6.13. The summed E-state index contributed by atoms with van der Waals surface area (Å²) in [5.74, 6) is 1.09. The lowest BCUT2D eigenvalue weighted by Crippen LogP contribution is -2.15. The van der Waals surface area contributed by atoms with Crippen molar-refractivity contribution >= 4 is 35.0 Å². The number of thioether (sulfide) groups is 1. The molecule has 0 aliphatic carbocycles. The van der Waals surface area contributed by atoms with Crippen LogP contribution in [0.5, 0.6) is 5.75 Å². The molecule has 0 spiro atoms. The van der Waals surface area contributed by atoms with E-state index in [0.717, 1.165) is 30.5 Å². The zero-order valence-electron chi connectivity index (χ0n) is 15.1. The molecule has 2 aromatic carbocycles. The molecule has 3 aromatic rings. The summed E-state index contributed by atoms with van der Waals surface area (Å²) in [4.78, 5) is 14.2. The summed E-state index contributed by atoms with van der Waals surface area (Å²) in [6.45, 7) is 1.52. The van der Waals surface area contributed by atoms with Crippen LogP contribution >= 0.6 is 11.8 Å². The van der Waals surface area contributed by atoms with E-state index in [-0.39, 0.29) is 17.5 Å². The fraction of sp³-hybridized carbons (Fsp3) is 0.211. The van der Waals surface area contributed by atoms with Crippen LogP contribution in [0.15, 0.2) is 53.7 Å². The zero-order chi connectivity index (χ0) is 19.5. The van der Waals surface area contributed by atoms with Gasteiger partial charge in [0.2, 0.25) is 11.9 Å². The largest absolute Gasteiger partial charge is 0.497 e. The SMILES string of the molecule is COc1ccc(N2CCn3c(SCC(=O)Nc4cccc(F)c4)nnc32)cc1. The summed E-state index contributed by atoms with van der Waals surface area (Å²) < 4.78 is 20.4. The first-order valence-corrected chi connectivity index (χ1v) is 9.65. The standard InChI is InChI=1S/C19H18FN5O2S/c1-27-16-7-5-15(6-8-16)24-9-10-25-18(24)22-23-19(25)28-12-17(26)21-14-4-2-3-13(20)11-14/h2-8,11H,9-10,12H2,1H3,(H,21,26). The first-order valence-electron chi connectivity index (χ1n) is 8.67. The van der Waals surface area contributed by atoms with Gasteiger partial charge in [0.25, 0.3) is 0 Å². The highest BCUT2D eigenvalue weighted by atomic mass is 32.2. The van der Waals surface area contributed by atoms with E-state index in [2.05, 4.69) is 20.4 Å². The molecule has 1 aliphatic heterocycles. The van der Waals surface area contributed by atoms with Crippen LogP contribution < -0.4 is 15.0 Å². The van der Waals surface area contributed by atoms with Crippen LogP contribution in [0.4, 0.5) is 21.7 Å². The molecule has 2 heterocycles. The molecule has 0 fully saturated rings. The van der Waals surface area contributed by atoms with E-state index in [1.165, 1.54) is 23.9 Å². The second kappa shape index (κ2) is 7.89. The minimum atomic E-state index is -0.389. The monoisotopic (exact) mass is 399 g/mol. The van der Waals surface area contributed by atoms with Crippen molar-refractivity contribution in [3.05, 3.63) is 54.3 Å². The predicted molar refractivity (Wildman–Crippen MR) is 106 cm³/mol. The summed E-state index contributed by atoms with van der Waals surface area (Å²) in [6.07, 6.45) is 0. The van der Waals surface area contributed by atoms with Crippen molar-refractivity contribution in [1.29, 1.82) is 0 Å². The number of rotatable bonds is 6. The number of carbonyl (C=O) groups excluding carboxylic acids is 1. The van der Waals surface area contributed by atoms with Crippen LogP contribution in [0.3, 0.4) is 0 Å². The first-order chi connectivity index (χ1) is 13.6. The maximum absolute atomic E-state index is 13.2. The van der Waals surface area contributed by atoms with E-state index in [1.54, 1.807) is 19.2 Å². The van der Waals surface area contributed by atoms with Crippen molar-refractivity contribution in [2.24, 2.45) is 0 Å². The smallest absolute Gasteiger partial charge is 0.234 e. The molecule has 4 rings (SSSR count). The van der Waals surface area contributed by atoms with E-state index >= 15 is 0 Å². The van der Waals surface area contributed by atoms with E-state index in [4.69, 9.17) is 4.74 Å². The Hall–Kier alpha value is -3.07. The van der Waals surface area contributed by atoms with Gasteiger partial charge in [-0.15, -0.1) is 10.2 Å². The van der Waals surface area contributed by atoms with Crippen molar-refractivity contribution in [2.75, 3.05) is 29.6 Å². The molecule has 28 heavy (non-hydrogen) atoms. The molecule has 1 amide bonds.